The van der Waals surface area contributed by atoms with E-state index in [2.05, 4.69) is 35.8 Å². The molecule has 0 atom stereocenters. The van der Waals surface area contributed by atoms with Crippen molar-refractivity contribution in [2.45, 2.75) is 0 Å². The molecule has 4 rings (SSSR count). The van der Waals surface area contributed by atoms with Crippen molar-refractivity contribution in [3.05, 3.63) is 71.7 Å². The SMILES string of the molecule is Nc1nonc1-n1nnc(C(=O)NN=Cc2ccc(F)cc2)c1-c1ccccc1. The Morgan fingerprint density at radius 2 is 1.90 bits per heavy atom. The molecular formula is C18H13FN8O2. The van der Waals surface area contributed by atoms with Crippen molar-refractivity contribution in [1.82, 2.24) is 30.7 Å². The van der Waals surface area contributed by atoms with E-state index in [4.69, 9.17) is 5.73 Å². The second kappa shape index (κ2) is 7.68. The first-order chi connectivity index (χ1) is 14.1. The number of rotatable bonds is 5. The van der Waals surface area contributed by atoms with Crippen molar-refractivity contribution < 1.29 is 13.8 Å². The average Bonchev–Trinajstić information content (AvgIpc) is 3.36. The van der Waals surface area contributed by atoms with Gasteiger partial charge in [0.1, 0.15) is 11.5 Å². The summed E-state index contributed by atoms with van der Waals surface area (Å²) in [4.78, 5) is 12.7. The van der Waals surface area contributed by atoms with Gasteiger partial charge in [-0.15, -0.1) is 5.10 Å². The summed E-state index contributed by atoms with van der Waals surface area (Å²) < 4.78 is 18.8. The van der Waals surface area contributed by atoms with Gasteiger partial charge in [0.05, 0.1) is 6.21 Å². The molecule has 29 heavy (non-hydrogen) atoms. The second-order valence-corrected chi connectivity index (χ2v) is 5.79. The van der Waals surface area contributed by atoms with E-state index >= 15 is 0 Å². The summed E-state index contributed by atoms with van der Waals surface area (Å²) >= 11 is 0. The lowest BCUT2D eigenvalue weighted by Crippen LogP contribution is -2.19. The molecule has 144 valence electrons. The Kier molecular flexibility index (Phi) is 4.76. The van der Waals surface area contributed by atoms with Gasteiger partial charge in [0.15, 0.2) is 5.69 Å². The summed E-state index contributed by atoms with van der Waals surface area (Å²) in [6.45, 7) is 0. The van der Waals surface area contributed by atoms with E-state index in [1.54, 1.807) is 24.3 Å². The van der Waals surface area contributed by atoms with E-state index < -0.39 is 5.91 Å². The van der Waals surface area contributed by atoms with Crippen LogP contribution in [0.4, 0.5) is 10.2 Å². The number of hydrogen-bond donors (Lipinski definition) is 2. The van der Waals surface area contributed by atoms with Crippen molar-refractivity contribution in [3.63, 3.8) is 0 Å². The molecule has 10 nitrogen and oxygen atoms in total. The summed E-state index contributed by atoms with van der Waals surface area (Å²) in [5, 5.41) is 19.0. The summed E-state index contributed by atoms with van der Waals surface area (Å²) in [6.07, 6.45) is 1.38. The number of nitrogens with one attached hydrogen (secondary N) is 1. The van der Waals surface area contributed by atoms with Crippen LogP contribution in [0, 0.1) is 5.82 Å². The third-order valence-corrected chi connectivity index (χ3v) is 3.88. The standard InChI is InChI=1S/C18H13FN8O2/c19-13-8-6-11(7-9-13)10-21-23-18(28)14-15(12-4-2-1-3-5-12)27(26-22-14)17-16(20)24-29-25-17/h1-10H,(H2,20,24)(H,23,28). The zero-order valence-electron chi connectivity index (χ0n) is 14.7. The predicted octanol–water partition coefficient (Wildman–Crippen LogP) is 1.80. The maximum Gasteiger partial charge on any atom is 0.294 e. The van der Waals surface area contributed by atoms with Gasteiger partial charge in [-0.1, -0.05) is 47.7 Å². The molecule has 0 aliphatic heterocycles. The number of anilines is 1. The van der Waals surface area contributed by atoms with Crippen LogP contribution in [0.3, 0.4) is 0 Å². The highest BCUT2D eigenvalue weighted by Gasteiger charge is 2.24. The Hall–Kier alpha value is -4.41. The number of nitrogen functional groups attached to an aromatic ring is 1. The predicted molar refractivity (Wildman–Crippen MR) is 101 cm³/mol. The Labute approximate surface area is 162 Å². The van der Waals surface area contributed by atoms with Crippen molar-refractivity contribution >= 4 is 17.9 Å². The fourth-order valence-electron chi connectivity index (χ4n) is 2.54. The number of benzene rings is 2. The van der Waals surface area contributed by atoms with Crippen LogP contribution < -0.4 is 11.2 Å². The number of carbonyl (C=O) groups excluding carboxylic acids is 1. The molecule has 0 spiro atoms. The fraction of sp³-hybridized carbons (Fsp3) is 0. The lowest BCUT2D eigenvalue weighted by Gasteiger charge is -2.05. The maximum atomic E-state index is 13.0. The summed E-state index contributed by atoms with van der Waals surface area (Å²) in [7, 11) is 0. The molecular weight excluding hydrogens is 379 g/mol. The number of amides is 1. The van der Waals surface area contributed by atoms with Crippen LogP contribution in [-0.4, -0.2) is 37.4 Å². The van der Waals surface area contributed by atoms with Gasteiger partial charge < -0.3 is 5.73 Å². The molecule has 2 aromatic carbocycles. The minimum absolute atomic E-state index is 0.00476. The maximum absolute atomic E-state index is 13.0. The van der Waals surface area contributed by atoms with E-state index in [9.17, 15) is 9.18 Å². The average molecular weight is 392 g/mol. The Balaban J connectivity index is 1.66. The topological polar surface area (TPSA) is 137 Å². The number of nitrogens with zero attached hydrogens (tertiary/aromatic N) is 6. The molecule has 11 heteroatoms. The molecule has 0 saturated carbocycles. The molecule has 0 aliphatic carbocycles. The highest BCUT2D eigenvalue weighted by molar-refractivity contribution is 5.98. The number of aromatic nitrogens is 5. The summed E-state index contributed by atoms with van der Waals surface area (Å²) in [5.74, 6) is -0.876. The van der Waals surface area contributed by atoms with Crippen LogP contribution in [-0.2, 0) is 0 Å². The van der Waals surface area contributed by atoms with Crippen molar-refractivity contribution in [3.8, 4) is 17.1 Å². The molecule has 0 bridgehead atoms. The molecule has 2 aromatic heterocycles. The molecule has 0 radical (unpaired) electrons. The van der Waals surface area contributed by atoms with Gasteiger partial charge >= 0.3 is 0 Å². The minimum atomic E-state index is -0.608. The van der Waals surface area contributed by atoms with Crippen LogP contribution in [0.15, 0.2) is 64.3 Å². The first-order valence-corrected chi connectivity index (χ1v) is 8.32. The first-order valence-electron chi connectivity index (χ1n) is 8.32. The fourth-order valence-corrected chi connectivity index (χ4v) is 2.54. The van der Waals surface area contributed by atoms with Crippen molar-refractivity contribution in [1.29, 1.82) is 0 Å². The van der Waals surface area contributed by atoms with Gasteiger partial charge in [-0.3, -0.25) is 4.79 Å². The van der Waals surface area contributed by atoms with Crippen LogP contribution in [0.2, 0.25) is 0 Å². The van der Waals surface area contributed by atoms with E-state index in [1.165, 1.54) is 35.2 Å². The molecule has 0 aliphatic rings. The first kappa shape index (κ1) is 18.0. The molecule has 0 unspecified atom stereocenters. The molecule has 0 fully saturated rings. The zero-order valence-corrected chi connectivity index (χ0v) is 14.7. The highest BCUT2D eigenvalue weighted by Crippen LogP contribution is 2.26. The van der Waals surface area contributed by atoms with E-state index in [0.717, 1.165) is 0 Å². The lowest BCUT2D eigenvalue weighted by atomic mass is 10.1. The third kappa shape index (κ3) is 3.69. The van der Waals surface area contributed by atoms with Gasteiger partial charge in [0.25, 0.3) is 5.91 Å². The monoisotopic (exact) mass is 392 g/mol. The zero-order chi connectivity index (χ0) is 20.2. The summed E-state index contributed by atoms with van der Waals surface area (Å²) in [6, 6.07) is 14.6. The number of nitrogens with two attached hydrogens (primary N) is 1. The lowest BCUT2D eigenvalue weighted by molar-refractivity contribution is 0.0950. The van der Waals surface area contributed by atoms with Crippen LogP contribution in [0.5, 0.6) is 0 Å². The smallest absolute Gasteiger partial charge is 0.294 e. The van der Waals surface area contributed by atoms with Gasteiger partial charge in [-0.25, -0.2) is 14.4 Å². The molecule has 3 N–H and O–H groups in total. The van der Waals surface area contributed by atoms with Gasteiger partial charge in [-0.05, 0) is 28.0 Å². The van der Waals surface area contributed by atoms with Gasteiger partial charge in [0.2, 0.25) is 11.6 Å². The van der Waals surface area contributed by atoms with E-state index in [0.29, 0.717) is 16.8 Å². The summed E-state index contributed by atoms with van der Waals surface area (Å²) in [5.41, 5.74) is 9.72. The third-order valence-electron chi connectivity index (χ3n) is 3.88. The largest absolute Gasteiger partial charge is 0.378 e. The van der Waals surface area contributed by atoms with Crippen molar-refractivity contribution in [2.24, 2.45) is 5.10 Å². The normalized spacial score (nSPS) is 11.1. The Morgan fingerprint density at radius 1 is 1.14 bits per heavy atom. The highest BCUT2D eigenvalue weighted by atomic mass is 19.1. The van der Waals surface area contributed by atoms with Crippen LogP contribution in [0.1, 0.15) is 16.1 Å². The van der Waals surface area contributed by atoms with E-state index in [-0.39, 0.29) is 23.1 Å². The van der Waals surface area contributed by atoms with Gasteiger partial charge in [-0.2, -0.15) is 9.78 Å². The molecule has 1 amide bonds. The Bertz CT molecular complexity index is 1170. The quantitative estimate of drug-likeness (QED) is 0.390. The van der Waals surface area contributed by atoms with E-state index in [1.807, 2.05) is 6.07 Å². The number of carbonyl (C=O) groups is 1. The number of hydrogen-bond acceptors (Lipinski definition) is 8. The van der Waals surface area contributed by atoms with Crippen LogP contribution in [0.25, 0.3) is 17.1 Å². The second-order valence-electron chi connectivity index (χ2n) is 5.79. The van der Waals surface area contributed by atoms with Gasteiger partial charge in [0, 0.05) is 5.56 Å². The van der Waals surface area contributed by atoms with Crippen molar-refractivity contribution in [2.75, 3.05) is 5.73 Å². The Morgan fingerprint density at radius 3 is 2.59 bits per heavy atom. The molecule has 4 aromatic rings. The molecule has 0 saturated heterocycles. The minimum Gasteiger partial charge on any atom is -0.378 e. The number of hydrazone groups is 1. The van der Waals surface area contributed by atoms with Crippen LogP contribution >= 0.6 is 0 Å². The molecule has 2 heterocycles. The number of halogens is 1.